The summed E-state index contributed by atoms with van der Waals surface area (Å²) in [5.41, 5.74) is 0. The van der Waals surface area contributed by atoms with Crippen LogP contribution in [0.2, 0.25) is 0 Å². The van der Waals surface area contributed by atoms with Crippen molar-refractivity contribution >= 4 is 6.34 Å². The van der Waals surface area contributed by atoms with Crippen LogP contribution in [0.25, 0.3) is 0 Å². The molecule has 1 fully saturated rings. The molecule has 0 spiro atoms. The largest absolute Gasteiger partial charge is 0.296 e. The van der Waals surface area contributed by atoms with Gasteiger partial charge >= 0.3 is 0 Å². The molecule has 1 heterocycles. The van der Waals surface area contributed by atoms with Gasteiger partial charge in [-0.2, -0.15) is 0 Å². The summed E-state index contributed by atoms with van der Waals surface area (Å²) in [6, 6.07) is 0.593. The number of rotatable bonds is 2. The lowest BCUT2D eigenvalue weighted by Crippen LogP contribution is -2.46. The van der Waals surface area contributed by atoms with Gasteiger partial charge in [-0.3, -0.25) is 20.0 Å². The Balaban J connectivity index is 2.07. The van der Waals surface area contributed by atoms with E-state index in [9.17, 15) is 10.1 Å². The summed E-state index contributed by atoms with van der Waals surface area (Å²) >= 11 is 0. The predicted molar refractivity (Wildman–Crippen MR) is 52.8 cm³/mol. The van der Waals surface area contributed by atoms with Crippen molar-refractivity contribution in [3.63, 3.8) is 0 Å². The van der Waals surface area contributed by atoms with Crippen molar-refractivity contribution in [1.82, 2.24) is 4.90 Å². The lowest BCUT2D eigenvalue weighted by molar-refractivity contribution is -0.541. The average molecular weight is 197 g/mol. The van der Waals surface area contributed by atoms with Crippen molar-refractivity contribution in [2.24, 2.45) is 4.99 Å². The topological polar surface area (TPSA) is 58.7 Å². The third-order valence-electron chi connectivity index (χ3n) is 3.20. The SMILES string of the molecule is CC(N1C=NC2CCCCC21)[N+](=O)[O-]. The predicted octanol–water partition coefficient (Wildman–Crippen LogP) is 1.26. The van der Waals surface area contributed by atoms with E-state index in [-0.39, 0.29) is 11.0 Å². The van der Waals surface area contributed by atoms with Crippen molar-refractivity contribution in [2.45, 2.75) is 50.9 Å². The molecule has 5 heteroatoms. The smallest absolute Gasteiger partial charge is 0.285 e. The van der Waals surface area contributed by atoms with E-state index in [0.29, 0.717) is 6.04 Å². The highest BCUT2D eigenvalue weighted by Crippen LogP contribution is 2.29. The summed E-state index contributed by atoms with van der Waals surface area (Å²) in [5, 5.41) is 10.7. The van der Waals surface area contributed by atoms with Crippen molar-refractivity contribution in [3.8, 4) is 0 Å². The second kappa shape index (κ2) is 3.55. The number of hydrogen-bond acceptors (Lipinski definition) is 4. The van der Waals surface area contributed by atoms with Crippen LogP contribution < -0.4 is 0 Å². The van der Waals surface area contributed by atoms with E-state index in [1.54, 1.807) is 13.3 Å². The van der Waals surface area contributed by atoms with Crippen molar-refractivity contribution in [2.75, 3.05) is 0 Å². The summed E-state index contributed by atoms with van der Waals surface area (Å²) in [6.45, 7) is 1.63. The summed E-state index contributed by atoms with van der Waals surface area (Å²) in [5.74, 6) is 0. The summed E-state index contributed by atoms with van der Waals surface area (Å²) in [6.07, 6.45) is 5.55. The van der Waals surface area contributed by atoms with E-state index < -0.39 is 6.17 Å². The maximum atomic E-state index is 10.7. The Morgan fingerprint density at radius 3 is 3.00 bits per heavy atom. The molecule has 3 unspecified atom stereocenters. The maximum absolute atomic E-state index is 10.7. The quantitative estimate of drug-likeness (QED) is 0.494. The molecule has 0 aromatic carbocycles. The van der Waals surface area contributed by atoms with Gasteiger partial charge in [0.15, 0.2) is 0 Å². The van der Waals surface area contributed by atoms with Gasteiger partial charge < -0.3 is 0 Å². The highest BCUT2D eigenvalue weighted by atomic mass is 16.6. The van der Waals surface area contributed by atoms with E-state index in [2.05, 4.69) is 4.99 Å². The first kappa shape index (κ1) is 9.43. The van der Waals surface area contributed by atoms with Gasteiger partial charge in [0, 0.05) is 11.8 Å². The van der Waals surface area contributed by atoms with Crippen LogP contribution >= 0.6 is 0 Å². The van der Waals surface area contributed by atoms with Crippen molar-refractivity contribution in [1.29, 1.82) is 0 Å². The Labute approximate surface area is 83.0 Å². The number of aliphatic imine (C=N–C) groups is 1. The molecule has 1 saturated carbocycles. The molecule has 0 radical (unpaired) electrons. The second-order valence-electron chi connectivity index (χ2n) is 4.05. The first-order valence-corrected chi connectivity index (χ1v) is 5.14. The Hall–Kier alpha value is -1.13. The lowest BCUT2D eigenvalue weighted by Gasteiger charge is -2.31. The van der Waals surface area contributed by atoms with Gasteiger partial charge in [0.2, 0.25) is 0 Å². The summed E-state index contributed by atoms with van der Waals surface area (Å²) < 4.78 is 0. The lowest BCUT2D eigenvalue weighted by atomic mass is 9.91. The minimum absolute atomic E-state index is 0.247. The molecule has 3 atom stereocenters. The molecule has 2 rings (SSSR count). The average Bonchev–Trinajstić information content (AvgIpc) is 2.60. The highest BCUT2D eigenvalue weighted by molar-refractivity contribution is 5.59. The molecule has 0 aromatic heterocycles. The minimum Gasteiger partial charge on any atom is -0.296 e. The fourth-order valence-electron chi connectivity index (χ4n) is 2.34. The first-order valence-electron chi connectivity index (χ1n) is 5.14. The van der Waals surface area contributed by atoms with Crippen LogP contribution in [-0.4, -0.2) is 34.4 Å². The minimum atomic E-state index is -0.633. The van der Waals surface area contributed by atoms with Crippen LogP contribution in [-0.2, 0) is 0 Å². The molecule has 1 aliphatic heterocycles. The number of nitro groups is 1. The van der Waals surface area contributed by atoms with Crippen LogP contribution in [0.4, 0.5) is 0 Å². The van der Waals surface area contributed by atoms with Crippen molar-refractivity contribution in [3.05, 3.63) is 10.1 Å². The molecule has 0 N–H and O–H groups in total. The standard InChI is InChI=1S/C9H15N3O2/c1-7(12(13)14)11-6-10-8-4-2-3-5-9(8)11/h6-9H,2-5H2,1H3. The van der Waals surface area contributed by atoms with Gasteiger partial charge in [-0.15, -0.1) is 0 Å². The molecule has 0 saturated heterocycles. The Morgan fingerprint density at radius 1 is 1.57 bits per heavy atom. The van der Waals surface area contributed by atoms with Crippen LogP contribution in [0.15, 0.2) is 4.99 Å². The summed E-state index contributed by atoms with van der Waals surface area (Å²) in [7, 11) is 0. The van der Waals surface area contributed by atoms with Gasteiger partial charge in [-0.25, -0.2) is 0 Å². The molecular weight excluding hydrogens is 182 g/mol. The molecule has 14 heavy (non-hydrogen) atoms. The first-order chi connectivity index (χ1) is 6.70. The maximum Gasteiger partial charge on any atom is 0.285 e. The Bertz CT molecular complexity index is 267. The Kier molecular flexibility index (Phi) is 2.39. The highest BCUT2D eigenvalue weighted by Gasteiger charge is 2.38. The van der Waals surface area contributed by atoms with Crippen LogP contribution in [0.1, 0.15) is 32.6 Å². The van der Waals surface area contributed by atoms with Gasteiger partial charge in [0.05, 0.1) is 18.4 Å². The van der Waals surface area contributed by atoms with E-state index in [1.807, 2.05) is 4.90 Å². The van der Waals surface area contributed by atoms with Gasteiger partial charge in [0.25, 0.3) is 6.17 Å². The van der Waals surface area contributed by atoms with Crippen LogP contribution in [0, 0.1) is 10.1 Å². The van der Waals surface area contributed by atoms with E-state index in [0.717, 1.165) is 12.8 Å². The molecule has 78 valence electrons. The van der Waals surface area contributed by atoms with Gasteiger partial charge in [0.1, 0.15) is 0 Å². The third-order valence-corrected chi connectivity index (χ3v) is 3.20. The molecular formula is C9H15N3O2. The van der Waals surface area contributed by atoms with Crippen LogP contribution in [0.3, 0.4) is 0 Å². The van der Waals surface area contributed by atoms with E-state index in [4.69, 9.17) is 0 Å². The second-order valence-corrected chi connectivity index (χ2v) is 4.05. The zero-order valence-electron chi connectivity index (χ0n) is 8.30. The van der Waals surface area contributed by atoms with Crippen molar-refractivity contribution < 1.29 is 4.92 Å². The number of hydrogen-bond donors (Lipinski definition) is 0. The third kappa shape index (κ3) is 1.47. The monoisotopic (exact) mass is 197 g/mol. The van der Waals surface area contributed by atoms with E-state index in [1.165, 1.54) is 12.8 Å². The normalized spacial score (nSPS) is 32.8. The fourth-order valence-corrected chi connectivity index (χ4v) is 2.34. The zero-order chi connectivity index (χ0) is 10.1. The van der Waals surface area contributed by atoms with E-state index >= 15 is 0 Å². The molecule has 2 aliphatic rings. The molecule has 1 aliphatic carbocycles. The zero-order valence-corrected chi connectivity index (χ0v) is 8.30. The number of fused-ring (bicyclic) bond motifs is 1. The Morgan fingerprint density at radius 2 is 2.29 bits per heavy atom. The van der Waals surface area contributed by atoms with Gasteiger partial charge in [-0.05, 0) is 12.8 Å². The fraction of sp³-hybridized carbons (Fsp3) is 0.889. The molecule has 0 bridgehead atoms. The molecule has 0 amide bonds. The van der Waals surface area contributed by atoms with Crippen LogP contribution in [0.5, 0.6) is 0 Å². The number of nitrogens with zero attached hydrogens (tertiary/aromatic N) is 3. The molecule has 0 aromatic rings. The summed E-state index contributed by atoms with van der Waals surface area (Å²) in [4.78, 5) is 16.6. The molecule has 5 nitrogen and oxygen atoms in total. The van der Waals surface area contributed by atoms with Gasteiger partial charge in [-0.1, -0.05) is 12.8 Å².